The van der Waals surface area contributed by atoms with Gasteiger partial charge in [0.1, 0.15) is 6.04 Å². The van der Waals surface area contributed by atoms with E-state index in [0.717, 1.165) is 24.1 Å². The van der Waals surface area contributed by atoms with Gasteiger partial charge >= 0.3 is 0 Å². The quantitative estimate of drug-likeness (QED) is 0.497. The molecule has 0 fully saturated rings. The van der Waals surface area contributed by atoms with E-state index in [1.807, 2.05) is 60.7 Å². The van der Waals surface area contributed by atoms with Crippen molar-refractivity contribution in [3.05, 3.63) is 77.9 Å². The number of aromatic nitrogens is 2. The van der Waals surface area contributed by atoms with E-state index in [9.17, 15) is 9.59 Å². The second-order valence-corrected chi connectivity index (χ2v) is 7.75. The molecule has 0 aliphatic rings. The standard InChI is InChI=1S/C25H30N4O3/c1-3-11-22-27-24(32-28-22)17-10-16-23(30)26-21(18-19-12-6-4-7-13-19)25(31)29(2)20-14-8-5-9-15-20/h4-9,12-15,21H,3,10-11,16-18H2,1-2H3,(H,26,30)/t21-/m0/s1. The molecule has 3 aromatic rings. The third kappa shape index (κ3) is 6.77. The Hall–Kier alpha value is -3.48. The summed E-state index contributed by atoms with van der Waals surface area (Å²) in [5, 5.41) is 6.86. The van der Waals surface area contributed by atoms with Crippen LogP contribution in [0.2, 0.25) is 0 Å². The van der Waals surface area contributed by atoms with Crippen LogP contribution in [-0.4, -0.2) is 35.0 Å². The van der Waals surface area contributed by atoms with Gasteiger partial charge in [-0.1, -0.05) is 60.6 Å². The zero-order chi connectivity index (χ0) is 22.8. The van der Waals surface area contributed by atoms with Crippen molar-refractivity contribution in [2.75, 3.05) is 11.9 Å². The molecular weight excluding hydrogens is 404 g/mol. The lowest BCUT2D eigenvalue weighted by molar-refractivity contribution is -0.127. The molecule has 0 saturated carbocycles. The summed E-state index contributed by atoms with van der Waals surface area (Å²) in [6, 6.07) is 18.4. The highest BCUT2D eigenvalue weighted by Crippen LogP contribution is 2.14. The first kappa shape index (κ1) is 23.2. The van der Waals surface area contributed by atoms with Gasteiger partial charge in [0.2, 0.25) is 17.7 Å². The summed E-state index contributed by atoms with van der Waals surface area (Å²) >= 11 is 0. The zero-order valence-electron chi connectivity index (χ0n) is 18.7. The number of nitrogens with zero attached hydrogens (tertiary/aromatic N) is 3. The third-order valence-electron chi connectivity index (χ3n) is 5.17. The van der Waals surface area contributed by atoms with Gasteiger partial charge in [-0.2, -0.15) is 4.98 Å². The fourth-order valence-corrected chi connectivity index (χ4v) is 3.45. The first-order chi connectivity index (χ1) is 15.6. The van der Waals surface area contributed by atoms with E-state index in [4.69, 9.17) is 4.52 Å². The number of carbonyl (C=O) groups excluding carboxylic acids is 2. The number of benzene rings is 2. The van der Waals surface area contributed by atoms with Crippen molar-refractivity contribution >= 4 is 17.5 Å². The summed E-state index contributed by atoms with van der Waals surface area (Å²) in [5.74, 6) is 0.912. The highest BCUT2D eigenvalue weighted by molar-refractivity contribution is 5.98. The topological polar surface area (TPSA) is 88.3 Å². The molecule has 2 aromatic carbocycles. The maximum atomic E-state index is 13.2. The fourth-order valence-electron chi connectivity index (χ4n) is 3.45. The number of likely N-dealkylation sites (N-methyl/N-ethyl adjacent to an activating group) is 1. The van der Waals surface area contributed by atoms with Crippen LogP contribution in [0.5, 0.6) is 0 Å². The van der Waals surface area contributed by atoms with Crippen LogP contribution in [0.15, 0.2) is 65.2 Å². The van der Waals surface area contributed by atoms with Crippen LogP contribution in [0.25, 0.3) is 0 Å². The smallest absolute Gasteiger partial charge is 0.249 e. The van der Waals surface area contributed by atoms with Crippen molar-refractivity contribution in [3.63, 3.8) is 0 Å². The van der Waals surface area contributed by atoms with Gasteiger partial charge in [-0.05, 0) is 30.5 Å². The largest absolute Gasteiger partial charge is 0.344 e. The van der Waals surface area contributed by atoms with Crippen LogP contribution in [0.4, 0.5) is 5.69 Å². The number of hydrogen-bond acceptors (Lipinski definition) is 5. The summed E-state index contributed by atoms with van der Waals surface area (Å²) in [6.45, 7) is 2.06. The molecule has 0 aliphatic carbocycles. The average Bonchev–Trinajstić information content (AvgIpc) is 3.26. The maximum Gasteiger partial charge on any atom is 0.249 e. The van der Waals surface area contributed by atoms with E-state index >= 15 is 0 Å². The van der Waals surface area contributed by atoms with Crippen molar-refractivity contribution < 1.29 is 14.1 Å². The number of hydrogen-bond donors (Lipinski definition) is 1. The summed E-state index contributed by atoms with van der Waals surface area (Å²) < 4.78 is 5.22. The molecule has 7 nitrogen and oxygen atoms in total. The summed E-state index contributed by atoms with van der Waals surface area (Å²) in [4.78, 5) is 31.8. The van der Waals surface area contributed by atoms with Gasteiger partial charge in [0.15, 0.2) is 5.82 Å². The summed E-state index contributed by atoms with van der Waals surface area (Å²) in [6.07, 6.45) is 3.54. The number of carbonyl (C=O) groups is 2. The number of amides is 2. The molecule has 168 valence electrons. The molecule has 0 spiro atoms. The first-order valence-corrected chi connectivity index (χ1v) is 11.0. The Morgan fingerprint density at radius 3 is 2.41 bits per heavy atom. The molecule has 1 atom stereocenters. The Kier molecular flexibility index (Phi) is 8.54. The Labute approximate surface area is 188 Å². The predicted octanol–water partition coefficient (Wildman–Crippen LogP) is 3.74. The van der Waals surface area contributed by atoms with Gasteiger partial charge in [-0.25, -0.2) is 0 Å². The molecule has 1 N–H and O–H groups in total. The molecule has 0 unspecified atom stereocenters. The molecule has 2 amide bonds. The Balaban J connectivity index is 1.60. The molecule has 0 saturated heterocycles. The molecule has 1 aromatic heterocycles. The molecule has 0 aliphatic heterocycles. The number of anilines is 1. The minimum absolute atomic E-state index is 0.158. The van der Waals surface area contributed by atoms with Gasteiger partial charge in [0, 0.05) is 38.4 Å². The number of rotatable bonds is 11. The van der Waals surface area contributed by atoms with Gasteiger partial charge in [0.05, 0.1) is 0 Å². The second kappa shape index (κ2) is 11.8. The maximum absolute atomic E-state index is 13.2. The van der Waals surface area contributed by atoms with Gasteiger partial charge in [0.25, 0.3) is 0 Å². The predicted molar refractivity (Wildman–Crippen MR) is 123 cm³/mol. The highest BCUT2D eigenvalue weighted by atomic mass is 16.5. The van der Waals surface area contributed by atoms with Crippen molar-refractivity contribution in [2.24, 2.45) is 0 Å². The molecule has 7 heteroatoms. The second-order valence-electron chi connectivity index (χ2n) is 7.75. The van der Waals surface area contributed by atoms with Crippen LogP contribution >= 0.6 is 0 Å². The lowest BCUT2D eigenvalue weighted by Gasteiger charge is -2.25. The summed E-state index contributed by atoms with van der Waals surface area (Å²) in [5.41, 5.74) is 1.77. The van der Waals surface area contributed by atoms with E-state index in [2.05, 4.69) is 22.4 Å². The van der Waals surface area contributed by atoms with Crippen molar-refractivity contribution in [1.82, 2.24) is 15.5 Å². The Morgan fingerprint density at radius 1 is 1.03 bits per heavy atom. The molecule has 0 radical (unpaired) electrons. The molecular formula is C25H30N4O3. The molecule has 0 bridgehead atoms. The molecule has 1 heterocycles. The lowest BCUT2D eigenvalue weighted by atomic mass is 10.0. The van der Waals surface area contributed by atoms with Crippen LogP contribution < -0.4 is 10.2 Å². The van der Waals surface area contributed by atoms with E-state index in [-0.39, 0.29) is 18.2 Å². The third-order valence-corrected chi connectivity index (χ3v) is 5.17. The molecule has 32 heavy (non-hydrogen) atoms. The van der Waals surface area contributed by atoms with E-state index in [1.165, 1.54) is 0 Å². The molecule has 3 rings (SSSR count). The fraction of sp³-hybridized carbons (Fsp3) is 0.360. The van der Waals surface area contributed by atoms with Crippen LogP contribution in [-0.2, 0) is 28.9 Å². The van der Waals surface area contributed by atoms with Crippen LogP contribution in [0.3, 0.4) is 0 Å². The van der Waals surface area contributed by atoms with Crippen molar-refractivity contribution in [2.45, 2.75) is 51.5 Å². The van der Waals surface area contributed by atoms with Crippen LogP contribution in [0, 0.1) is 0 Å². The SMILES string of the molecule is CCCc1noc(CCCC(=O)N[C@@H](Cc2ccccc2)C(=O)N(C)c2ccccc2)n1. The first-order valence-electron chi connectivity index (χ1n) is 11.0. The number of nitrogens with one attached hydrogen (secondary N) is 1. The van der Waals surface area contributed by atoms with Gasteiger partial charge in [-0.3, -0.25) is 9.59 Å². The van der Waals surface area contributed by atoms with E-state index < -0.39 is 6.04 Å². The lowest BCUT2D eigenvalue weighted by Crippen LogP contribution is -2.48. The van der Waals surface area contributed by atoms with Gasteiger partial charge in [-0.15, -0.1) is 0 Å². The minimum atomic E-state index is -0.658. The Morgan fingerprint density at radius 2 is 1.72 bits per heavy atom. The average molecular weight is 435 g/mol. The number of aryl methyl sites for hydroxylation is 2. The summed E-state index contributed by atoms with van der Waals surface area (Å²) in [7, 11) is 1.73. The van der Waals surface area contributed by atoms with Crippen molar-refractivity contribution in [3.8, 4) is 0 Å². The van der Waals surface area contributed by atoms with E-state index in [1.54, 1.807) is 11.9 Å². The monoisotopic (exact) mass is 434 g/mol. The highest BCUT2D eigenvalue weighted by Gasteiger charge is 2.25. The van der Waals surface area contributed by atoms with Crippen LogP contribution in [0.1, 0.15) is 43.5 Å². The van der Waals surface area contributed by atoms with E-state index in [0.29, 0.717) is 31.0 Å². The Bertz CT molecular complexity index is 989. The minimum Gasteiger partial charge on any atom is -0.344 e. The van der Waals surface area contributed by atoms with Crippen molar-refractivity contribution in [1.29, 1.82) is 0 Å². The van der Waals surface area contributed by atoms with Gasteiger partial charge < -0.3 is 14.7 Å². The normalized spacial score (nSPS) is 11.7. The number of para-hydroxylation sites is 1. The zero-order valence-corrected chi connectivity index (χ0v) is 18.7.